The lowest BCUT2D eigenvalue weighted by molar-refractivity contribution is 0.310. The standard InChI is InChI=1S/C10H18N4O2S.ClH/c1-7-6-14(5-4-11-7)17(15,16)10-8(2)12-13-9(10)3;/h7,11H,4-6H2,1-3H3,(H,12,13);1H/t7-;/m1./s1. The summed E-state index contributed by atoms with van der Waals surface area (Å²) in [6.07, 6.45) is 0. The Labute approximate surface area is 114 Å². The Morgan fingerprint density at radius 1 is 1.39 bits per heavy atom. The van der Waals surface area contributed by atoms with Crippen LogP contribution in [0.5, 0.6) is 0 Å². The molecule has 0 bridgehead atoms. The van der Waals surface area contributed by atoms with Gasteiger partial charge in [0.2, 0.25) is 10.0 Å². The van der Waals surface area contributed by atoms with Crippen molar-refractivity contribution in [3.05, 3.63) is 11.4 Å². The number of hydrogen-bond donors (Lipinski definition) is 2. The molecule has 2 rings (SSSR count). The predicted octanol–water partition coefficient (Wildman–Crippen LogP) is 0.431. The maximum absolute atomic E-state index is 12.5. The van der Waals surface area contributed by atoms with Crippen LogP contribution in [0.4, 0.5) is 0 Å². The molecule has 104 valence electrons. The molecule has 0 amide bonds. The minimum absolute atomic E-state index is 0. The fourth-order valence-electron chi connectivity index (χ4n) is 2.17. The minimum Gasteiger partial charge on any atom is -0.312 e. The fourth-order valence-corrected chi connectivity index (χ4v) is 4.03. The number of sulfonamides is 1. The van der Waals surface area contributed by atoms with Crippen molar-refractivity contribution in [3.63, 3.8) is 0 Å². The highest BCUT2D eigenvalue weighted by atomic mass is 35.5. The Morgan fingerprint density at radius 3 is 2.56 bits per heavy atom. The van der Waals surface area contributed by atoms with Gasteiger partial charge in [-0.1, -0.05) is 0 Å². The van der Waals surface area contributed by atoms with Crippen molar-refractivity contribution in [1.29, 1.82) is 0 Å². The van der Waals surface area contributed by atoms with Gasteiger partial charge in [0.15, 0.2) is 0 Å². The minimum atomic E-state index is -3.41. The highest BCUT2D eigenvalue weighted by molar-refractivity contribution is 7.89. The Bertz CT molecular complexity index is 494. The summed E-state index contributed by atoms with van der Waals surface area (Å²) in [5, 5.41) is 9.90. The van der Waals surface area contributed by atoms with Gasteiger partial charge in [-0.2, -0.15) is 9.40 Å². The van der Waals surface area contributed by atoms with Crippen LogP contribution in [0.15, 0.2) is 4.90 Å². The number of hydrogen-bond acceptors (Lipinski definition) is 4. The van der Waals surface area contributed by atoms with E-state index in [9.17, 15) is 8.42 Å². The van der Waals surface area contributed by atoms with E-state index in [0.717, 1.165) is 0 Å². The van der Waals surface area contributed by atoms with E-state index in [1.807, 2.05) is 6.92 Å². The van der Waals surface area contributed by atoms with Gasteiger partial charge in [0.25, 0.3) is 0 Å². The predicted molar refractivity (Wildman–Crippen MR) is 71.5 cm³/mol. The van der Waals surface area contributed by atoms with Crippen LogP contribution in [-0.4, -0.2) is 48.6 Å². The van der Waals surface area contributed by atoms with E-state index in [0.29, 0.717) is 35.9 Å². The SMILES string of the molecule is Cc1n[nH]c(C)c1S(=O)(=O)N1CCN[C@H](C)C1.Cl. The zero-order valence-electron chi connectivity index (χ0n) is 10.7. The summed E-state index contributed by atoms with van der Waals surface area (Å²) in [5.41, 5.74) is 1.14. The van der Waals surface area contributed by atoms with Crippen LogP contribution in [0.25, 0.3) is 0 Å². The van der Waals surface area contributed by atoms with Crippen LogP contribution >= 0.6 is 12.4 Å². The molecule has 1 aromatic rings. The van der Waals surface area contributed by atoms with Gasteiger partial charge in [0.1, 0.15) is 4.90 Å². The molecule has 1 saturated heterocycles. The molecular formula is C10H19ClN4O2S. The highest BCUT2D eigenvalue weighted by Gasteiger charge is 2.32. The van der Waals surface area contributed by atoms with Gasteiger partial charge in [0.05, 0.1) is 11.4 Å². The molecule has 1 fully saturated rings. The van der Waals surface area contributed by atoms with E-state index < -0.39 is 10.0 Å². The summed E-state index contributed by atoms with van der Waals surface area (Å²) < 4.78 is 26.5. The smallest absolute Gasteiger partial charge is 0.246 e. The Morgan fingerprint density at radius 2 is 2.06 bits per heavy atom. The van der Waals surface area contributed by atoms with Crippen molar-refractivity contribution >= 4 is 22.4 Å². The summed E-state index contributed by atoms with van der Waals surface area (Å²) in [6.45, 7) is 7.14. The molecule has 1 atom stereocenters. The third kappa shape index (κ3) is 2.69. The summed E-state index contributed by atoms with van der Waals surface area (Å²) >= 11 is 0. The molecule has 1 aromatic heterocycles. The third-order valence-corrected chi connectivity index (χ3v) is 5.12. The number of rotatable bonds is 2. The second-order valence-electron chi connectivity index (χ2n) is 4.48. The first kappa shape index (κ1) is 15.4. The number of halogens is 1. The van der Waals surface area contributed by atoms with Gasteiger partial charge in [0, 0.05) is 25.7 Å². The van der Waals surface area contributed by atoms with Gasteiger partial charge in [-0.3, -0.25) is 5.10 Å². The summed E-state index contributed by atoms with van der Waals surface area (Å²) in [4.78, 5) is 0.326. The number of aryl methyl sites for hydroxylation is 2. The van der Waals surface area contributed by atoms with Gasteiger partial charge < -0.3 is 5.32 Å². The monoisotopic (exact) mass is 294 g/mol. The zero-order chi connectivity index (χ0) is 12.6. The third-order valence-electron chi connectivity index (χ3n) is 2.99. The van der Waals surface area contributed by atoms with Crippen LogP contribution in [0, 0.1) is 13.8 Å². The van der Waals surface area contributed by atoms with Crippen molar-refractivity contribution in [2.45, 2.75) is 31.7 Å². The molecule has 18 heavy (non-hydrogen) atoms. The van der Waals surface area contributed by atoms with Crippen molar-refractivity contribution in [3.8, 4) is 0 Å². The van der Waals surface area contributed by atoms with Crippen molar-refractivity contribution < 1.29 is 8.42 Å². The quantitative estimate of drug-likeness (QED) is 0.829. The van der Waals surface area contributed by atoms with Crippen molar-refractivity contribution in [2.75, 3.05) is 19.6 Å². The van der Waals surface area contributed by atoms with Crippen LogP contribution in [0.2, 0.25) is 0 Å². The molecule has 8 heteroatoms. The molecule has 2 heterocycles. The maximum Gasteiger partial charge on any atom is 0.246 e. The topological polar surface area (TPSA) is 78.1 Å². The molecule has 0 radical (unpaired) electrons. The number of piperazine rings is 1. The lowest BCUT2D eigenvalue weighted by atomic mass is 10.3. The number of aromatic nitrogens is 2. The normalized spacial score (nSPS) is 21.6. The fraction of sp³-hybridized carbons (Fsp3) is 0.700. The van der Waals surface area contributed by atoms with Crippen LogP contribution in [0.3, 0.4) is 0 Å². The van der Waals surface area contributed by atoms with E-state index in [1.165, 1.54) is 4.31 Å². The summed E-state index contributed by atoms with van der Waals surface area (Å²) in [6, 6.07) is 0.186. The molecular weight excluding hydrogens is 276 g/mol. The van der Waals surface area contributed by atoms with E-state index in [-0.39, 0.29) is 18.4 Å². The van der Waals surface area contributed by atoms with Crippen LogP contribution in [0.1, 0.15) is 18.3 Å². The summed E-state index contributed by atoms with van der Waals surface area (Å²) in [5.74, 6) is 0. The first-order valence-electron chi connectivity index (χ1n) is 5.68. The molecule has 0 spiro atoms. The highest BCUT2D eigenvalue weighted by Crippen LogP contribution is 2.22. The van der Waals surface area contributed by atoms with Gasteiger partial charge in [-0.15, -0.1) is 12.4 Å². The maximum atomic E-state index is 12.5. The van der Waals surface area contributed by atoms with Crippen LogP contribution in [-0.2, 0) is 10.0 Å². The second kappa shape index (κ2) is 5.56. The van der Waals surface area contributed by atoms with Gasteiger partial charge >= 0.3 is 0 Å². The molecule has 1 aliphatic rings. The van der Waals surface area contributed by atoms with Crippen molar-refractivity contribution in [1.82, 2.24) is 19.8 Å². The Balaban J connectivity index is 0.00000162. The molecule has 1 aliphatic heterocycles. The zero-order valence-corrected chi connectivity index (χ0v) is 12.4. The molecule has 0 aliphatic carbocycles. The van der Waals surface area contributed by atoms with Gasteiger partial charge in [-0.25, -0.2) is 8.42 Å². The lowest BCUT2D eigenvalue weighted by Crippen LogP contribution is -2.51. The molecule has 2 N–H and O–H groups in total. The first-order valence-corrected chi connectivity index (χ1v) is 7.12. The van der Waals surface area contributed by atoms with Crippen molar-refractivity contribution in [2.24, 2.45) is 0 Å². The van der Waals surface area contributed by atoms with E-state index in [4.69, 9.17) is 0 Å². The van der Waals surface area contributed by atoms with Gasteiger partial charge in [-0.05, 0) is 20.8 Å². The number of nitrogens with zero attached hydrogens (tertiary/aromatic N) is 2. The first-order chi connectivity index (χ1) is 7.93. The Kier molecular flexibility index (Phi) is 4.77. The molecule has 0 aromatic carbocycles. The second-order valence-corrected chi connectivity index (χ2v) is 6.36. The number of nitrogens with one attached hydrogen (secondary N) is 2. The number of aromatic amines is 1. The van der Waals surface area contributed by atoms with E-state index in [1.54, 1.807) is 13.8 Å². The summed E-state index contributed by atoms with van der Waals surface area (Å²) in [7, 11) is -3.41. The molecule has 0 unspecified atom stereocenters. The average Bonchev–Trinajstić information content (AvgIpc) is 2.59. The Hall–Kier alpha value is -0.630. The largest absolute Gasteiger partial charge is 0.312 e. The molecule has 6 nitrogen and oxygen atoms in total. The molecule has 0 saturated carbocycles. The lowest BCUT2D eigenvalue weighted by Gasteiger charge is -2.31. The van der Waals surface area contributed by atoms with E-state index >= 15 is 0 Å². The van der Waals surface area contributed by atoms with E-state index in [2.05, 4.69) is 15.5 Å². The number of H-pyrrole nitrogens is 1. The average molecular weight is 295 g/mol. The van der Waals surface area contributed by atoms with Crippen LogP contribution < -0.4 is 5.32 Å².